The molecule has 0 unspecified atom stereocenters. The highest BCUT2D eigenvalue weighted by Crippen LogP contribution is 2.07. The van der Waals surface area contributed by atoms with Crippen LogP contribution in [-0.4, -0.2) is 35.5 Å². The van der Waals surface area contributed by atoms with E-state index in [1.807, 2.05) is 25.8 Å². The third-order valence-corrected chi connectivity index (χ3v) is 2.48. The molecule has 1 aromatic heterocycles. The number of unbranched alkanes of at least 4 members (excludes halogenated alkanes) is 1. The summed E-state index contributed by atoms with van der Waals surface area (Å²) in [5.74, 6) is 0.442. The summed E-state index contributed by atoms with van der Waals surface area (Å²) in [7, 11) is 1.94. The van der Waals surface area contributed by atoms with Crippen molar-refractivity contribution in [3.05, 3.63) is 18.0 Å². The van der Waals surface area contributed by atoms with E-state index in [1.54, 1.807) is 12.3 Å². The molecule has 0 aromatic carbocycles. The average molecular weight is 250 g/mol. The van der Waals surface area contributed by atoms with Gasteiger partial charge in [0.05, 0.1) is 0 Å². The Hall–Kier alpha value is -1.65. The van der Waals surface area contributed by atoms with Crippen LogP contribution in [0.1, 0.15) is 44.1 Å². The fraction of sp³-hybridized carbons (Fsp3) is 0.615. The largest absolute Gasteiger partial charge is 0.349 e. The average Bonchev–Trinajstić information content (AvgIpc) is 2.35. The lowest BCUT2D eigenvalue weighted by Crippen LogP contribution is -2.31. The fourth-order valence-electron chi connectivity index (χ4n) is 1.49. The summed E-state index contributed by atoms with van der Waals surface area (Å²) in [6.07, 6.45) is 3.83. The Kier molecular flexibility index (Phi) is 5.55. The molecule has 18 heavy (non-hydrogen) atoms. The van der Waals surface area contributed by atoms with Gasteiger partial charge < -0.3 is 10.2 Å². The Morgan fingerprint density at radius 1 is 1.50 bits per heavy atom. The predicted molar refractivity (Wildman–Crippen MR) is 72.8 cm³/mol. The number of amides is 1. The van der Waals surface area contributed by atoms with Gasteiger partial charge in [-0.25, -0.2) is 9.97 Å². The second kappa shape index (κ2) is 6.93. The van der Waals surface area contributed by atoms with E-state index in [2.05, 4.69) is 22.2 Å². The van der Waals surface area contributed by atoms with Crippen molar-refractivity contribution < 1.29 is 4.79 Å². The van der Waals surface area contributed by atoms with Crippen molar-refractivity contribution in [3.8, 4) is 0 Å². The zero-order chi connectivity index (χ0) is 13.5. The monoisotopic (exact) mass is 250 g/mol. The van der Waals surface area contributed by atoms with E-state index < -0.39 is 0 Å². The minimum atomic E-state index is -0.155. The van der Waals surface area contributed by atoms with Crippen molar-refractivity contribution in [2.45, 2.75) is 39.7 Å². The molecule has 0 aliphatic carbocycles. The first-order valence-electron chi connectivity index (χ1n) is 6.39. The number of nitrogens with one attached hydrogen (secondary N) is 1. The van der Waals surface area contributed by atoms with Crippen LogP contribution >= 0.6 is 0 Å². The lowest BCUT2D eigenvalue weighted by Gasteiger charge is -2.17. The summed E-state index contributed by atoms with van der Waals surface area (Å²) >= 11 is 0. The van der Waals surface area contributed by atoms with Crippen LogP contribution in [0.5, 0.6) is 0 Å². The highest BCUT2D eigenvalue weighted by atomic mass is 16.1. The van der Waals surface area contributed by atoms with Gasteiger partial charge in [0.1, 0.15) is 5.69 Å². The Morgan fingerprint density at radius 2 is 2.22 bits per heavy atom. The molecule has 1 amide bonds. The van der Waals surface area contributed by atoms with Gasteiger partial charge in [0.25, 0.3) is 5.91 Å². The molecule has 0 saturated carbocycles. The van der Waals surface area contributed by atoms with E-state index in [4.69, 9.17) is 0 Å². The molecule has 0 aliphatic rings. The molecule has 1 N–H and O–H groups in total. The first kappa shape index (κ1) is 14.4. The maximum atomic E-state index is 11.8. The number of carbonyl (C=O) groups is 1. The minimum absolute atomic E-state index is 0.105. The van der Waals surface area contributed by atoms with E-state index in [1.165, 1.54) is 0 Å². The number of hydrogen-bond acceptors (Lipinski definition) is 4. The lowest BCUT2D eigenvalue weighted by molar-refractivity contribution is 0.0938. The lowest BCUT2D eigenvalue weighted by atomic mass is 10.3. The highest BCUT2D eigenvalue weighted by Gasteiger charge is 2.11. The van der Waals surface area contributed by atoms with Crippen LogP contribution < -0.4 is 10.2 Å². The van der Waals surface area contributed by atoms with Gasteiger partial charge in [-0.1, -0.05) is 13.3 Å². The molecule has 100 valence electrons. The third-order valence-electron chi connectivity index (χ3n) is 2.48. The molecular formula is C13H22N4O. The molecule has 1 rings (SSSR count). The molecule has 1 aromatic rings. The second-order valence-electron chi connectivity index (χ2n) is 4.65. The number of carbonyl (C=O) groups excluding carboxylic acids is 1. The molecule has 5 heteroatoms. The minimum Gasteiger partial charge on any atom is -0.349 e. The van der Waals surface area contributed by atoms with E-state index >= 15 is 0 Å². The highest BCUT2D eigenvalue weighted by molar-refractivity contribution is 5.92. The van der Waals surface area contributed by atoms with Crippen LogP contribution in [0.3, 0.4) is 0 Å². The summed E-state index contributed by atoms with van der Waals surface area (Å²) in [6, 6.07) is 1.74. The number of anilines is 1. The summed E-state index contributed by atoms with van der Waals surface area (Å²) in [4.78, 5) is 22.3. The standard InChI is InChI=1S/C13H22N4O/c1-5-6-9-17(4)13-14-8-7-11(16-13)12(18)15-10(2)3/h7-8,10H,5-6,9H2,1-4H3,(H,15,18). The maximum Gasteiger partial charge on any atom is 0.270 e. The van der Waals surface area contributed by atoms with Crippen LogP contribution in [-0.2, 0) is 0 Å². The Bertz CT molecular complexity index is 392. The first-order valence-corrected chi connectivity index (χ1v) is 6.39. The van der Waals surface area contributed by atoms with E-state index in [9.17, 15) is 4.79 Å². The third kappa shape index (κ3) is 4.31. The van der Waals surface area contributed by atoms with Crippen LogP contribution in [0.4, 0.5) is 5.95 Å². The molecule has 0 radical (unpaired) electrons. The summed E-state index contributed by atoms with van der Waals surface area (Å²) < 4.78 is 0. The van der Waals surface area contributed by atoms with Crippen LogP contribution in [0.25, 0.3) is 0 Å². The second-order valence-corrected chi connectivity index (χ2v) is 4.65. The summed E-state index contributed by atoms with van der Waals surface area (Å²) in [5, 5.41) is 2.82. The van der Waals surface area contributed by atoms with Gasteiger partial charge >= 0.3 is 0 Å². The van der Waals surface area contributed by atoms with E-state index in [0.717, 1.165) is 19.4 Å². The Balaban J connectivity index is 2.75. The summed E-state index contributed by atoms with van der Waals surface area (Å²) in [6.45, 7) is 6.88. The van der Waals surface area contributed by atoms with Crippen molar-refractivity contribution in [2.24, 2.45) is 0 Å². The quantitative estimate of drug-likeness (QED) is 0.837. The molecule has 0 saturated heterocycles. The normalized spacial score (nSPS) is 10.5. The molecule has 0 atom stereocenters. The van der Waals surface area contributed by atoms with Gasteiger partial charge in [-0.2, -0.15) is 0 Å². The molecule has 0 bridgehead atoms. The maximum absolute atomic E-state index is 11.8. The fourth-order valence-corrected chi connectivity index (χ4v) is 1.49. The zero-order valence-electron chi connectivity index (χ0n) is 11.6. The van der Waals surface area contributed by atoms with Crippen molar-refractivity contribution >= 4 is 11.9 Å². The van der Waals surface area contributed by atoms with E-state index in [0.29, 0.717) is 11.6 Å². The van der Waals surface area contributed by atoms with Gasteiger partial charge in [0.2, 0.25) is 5.95 Å². The topological polar surface area (TPSA) is 58.1 Å². The van der Waals surface area contributed by atoms with Crippen molar-refractivity contribution in [1.29, 1.82) is 0 Å². The van der Waals surface area contributed by atoms with Crippen LogP contribution in [0, 0.1) is 0 Å². The summed E-state index contributed by atoms with van der Waals surface area (Å²) in [5.41, 5.74) is 0.414. The molecule has 0 aliphatic heterocycles. The van der Waals surface area contributed by atoms with Crippen molar-refractivity contribution in [3.63, 3.8) is 0 Å². The van der Waals surface area contributed by atoms with Crippen molar-refractivity contribution in [1.82, 2.24) is 15.3 Å². The zero-order valence-corrected chi connectivity index (χ0v) is 11.6. The SMILES string of the molecule is CCCCN(C)c1nccc(C(=O)NC(C)C)n1. The first-order chi connectivity index (χ1) is 8.54. The van der Waals surface area contributed by atoms with Crippen LogP contribution in [0.2, 0.25) is 0 Å². The van der Waals surface area contributed by atoms with Gasteiger partial charge in [-0.15, -0.1) is 0 Å². The van der Waals surface area contributed by atoms with Crippen molar-refractivity contribution in [2.75, 3.05) is 18.5 Å². The number of hydrogen-bond donors (Lipinski definition) is 1. The Labute approximate surface area is 109 Å². The Morgan fingerprint density at radius 3 is 2.83 bits per heavy atom. The molecule has 1 heterocycles. The number of aromatic nitrogens is 2. The predicted octanol–water partition coefficient (Wildman–Crippen LogP) is 1.85. The molecule has 5 nitrogen and oxygen atoms in total. The smallest absolute Gasteiger partial charge is 0.270 e. The van der Waals surface area contributed by atoms with E-state index in [-0.39, 0.29) is 11.9 Å². The van der Waals surface area contributed by atoms with Gasteiger partial charge in [-0.3, -0.25) is 4.79 Å². The molecule has 0 fully saturated rings. The van der Waals surface area contributed by atoms with Gasteiger partial charge in [0, 0.05) is 25.8 Å². The molecular weight excluding hydrogens is 228 g/mol. The van der Waals surface area contributed by atoms with Crippen LogP contribution in [0.15, 0.2) is 12.3 Å². The number of rotatable bonds is 6. The molecule has 0 spiro atoms. The number of nitrogens with zero attached hydrogens (tertiary/aromatic N) is 3. The van der Waals surface area contributed by atoms with Gasteiger partial charge in [0.15, 0.2) is 0 Å². The van der Waals surface area contributed by atoms with Gasteiger partial charge in [-0.05, 0) is 26.3 Å².